The van der Waals surface area contributed by atoms with Crippen molar-refractivity contribution in [2.75, 3.05) is 0 Å². The molecule has 0 saturated heterocycles. The first-order valence-corrected chi connectivity index (χ1v) is 11.8. The van der Waals surface area contributed by atoms with Crippen molar-refractivity contribution >= 4 is 31.9 Å². The lowest BCUT2D eigenvalue weighted by molar-refractivity contribution is 0.432. The lowest BCUT2D eigenvalue weighted by Gasteiger charge is -2.29. The van der Waals surface area contributed by atoms with Crippen LogP contribution in [0.5, 0.6) is 23.0 Å². The highest BCUT2D eigenvalue weighted by atomic mass is 79.9. The lowest BCUT2D eigenvalue weighted by Crippen LogP contribution is -2.19. The molecule has 33 heavy (non-hydrogen) atoms. The first-order chi connectivity index (χ1) is 15.6. The average Bonchev–Trinajstić information content (AvgIpc) is 2.78. The summed E-state index contributed by atoms with van der Waals surface area (Å²) in [5, 5.41) is 41.3. The van der Waals surface area contributed by atoms with Gasteiger partial charge in [-0.05, 0) is 78.4 Å². The molecular weight excluding hydrogens is 548 g/mol. The van der Waals surface area contributed by atoms with Gasteiger partial charge < -0.3 is 20.4 Å². The highest BCUT2D eigenvalue weighted by molar-refractivity contribution is 9.11. The number of hydrogen-bond acceptors (Lipinski definition) is 4. The molecule has 4 N–H and O–H groups in total. The fourth-order valence-electron chi connectivity index (χ4n) is 4.01. The van der Waals surface area contributed by atoms with Crippen LogP contribution in [0.2, 0.25) is 0 Å². The van der Waals surface area contributed by atoms with Gasteiger partial charge >= 0.3 is 0 Å². The summed E-state index contributed by atoms with van der Waals surface area (Å²) < 4.78 is 1.08. The zero-order chi connectivity index (χ0) is 23.9. The van der Waals surface area contributed by atoms with Crippen LogP contribution in [-0.2, 0) is 5.41 Å². The van der Waals surface area contributed by atoms with E-state index in [0.717, 1.165) is 22.3 Å². The zero-order valence-electron chi connectivity index (χ0n) is 18.0. The molecule has 168 valence electrons. The Bertz CT molecular complexity index is 1230. The van der Waals surface area contributed by atoms with E-state index in [-0.39, 0.29) is 23.0 Å². The number of phenols is 4. The molecule has 0 aliphatic carbocycles. The van der Waals surface area contributed by atoms with E-state index in [4.69, 9.17) is 0 Å². The van der Waals surface area contributed by atoms with Crippen LogP contribution in [-0.4, -0.2) is 20.4 Å². The van der Waals surface area contributed by atoms with Crippen molar-refractivity contribution in [3.05, 3.63) is 92.9 Å². The van der Waals surface area contributed by atoms with Crippen LogP contribution in [0.3, 0.4) is 0 Å². The Kier molecular flexibility index (Phi) is 6.16. The molecule has 0 aliphatic rings. The van der Waals surface area contributed by atoms with Crippen LogP contribution < -0.4 is 0 Å². The minimum Gasteiger partial charge on any atom is -0.508 e. The van der Waals surface area contributed by atoms with Crippen LogP contribution in [0.15, 0.2) is 81.7 Å². The number of benzene rings is 4. The fourth-order valence-corrected chi connectivity index (χ4v) is 5.16. The lowest BCUT2D eigenvalue weighted by atomic mass is 9.76. The van der Waals surface area contributed by atoms with Crippen molar-refractivity contribution in [3.8, 4) is 45.3 Å². The van der Waals surface area contributed by atoms with Gasteiger partial charge in [0.05, 0.1) is 8.95 Å². The van der Waals surface area contributed by atoms with E-state index in [1.165, 1.54) is 0 Å². The maximum Gasteiger partial charge on any atom is 0.134 e. The number of halogens is 2. The molecule has 0 amide bonds. The van der Waals surface area contributed by atoms with E-state index in [2.05, 4.69) is 31.9 Å². The van der Waals surface area contributed by atoms with Gasteiger partial charge in [-0.3, -0.25) is 0 Å². The predicted octanol–water partition coefficient (Wildman–Crippen LogP) is 7.69. The molecule has 0 fully saturated rings. The molecule has 0 aliphatic heterocycles. The van der Waals surface area contributed by atoms with E-state index in [0.29, 0.717) is 20.1 Å². The molecule has 0 unspecified atom stereocenters. The van der Waals surface area contributed by atoms with Crippen molar-refractivity contribution in [1.82, 2.24) is 0 Å². The quantitative estimate of drug-likeness (QED) is 0.203. The van der Waals surface area contributed by atoms with Gasteiger partial charge in [-0.2, -0.15) is 0 Å². The zero-order valence-corrected chi connectivity index (χ0v) is 21.1. The normalized spacial score (nSPS) is 11.5. The van der Waals surface area contributed by atoms with Gasteiger partial charge in [0.2, 0.25) is 0 Å². The molecule has 0 bridgehead atoms. The Labute approximate surface area is 209 Å². The molecule has 0 aromatic heterocycles. The van der Waals surface area contributed by atoms with Crippen molar-refractivity contribution in [1.29, 1.82) is 0 Å². The fraction of sp³-hybridized carbons (Fsp3) is 0.111. The highest BCUT2D eigenvalue weighted by Crippen LogP contribution is 2.49. The second-order valence-corrected chi connectivity index (χ2v) is 9.95. The van der Waals surface area contributed by atoms with E-state index in [1.54, 1.807) is 48.5 Å². The number of aromatic hydroxyl groups is 4. The van der Waals surface area contributed by atoms with Crippen LogP contribution in [0.1, 0.15) is 25.0 Å². The first-order valence-electron chi connectivity index (χ1n) is 10.2. The predicted molar refractivity (Wildman–Crippen MR) is 138 cm³/mol. The number of rotatable bonds is 4. The van der Waals surface area contributed by atoms with Gasteiger partial charge in [0, 0.05) is 16.5 Å². The van der Waals surface area contributed by atoms with Crippen molar-refractivity contribution in [3.63, 3.8) is 0 Å². The molecule has 4 aromatic carbocycles. The topological polar surface area (TPSA) is 80.9 Å². The Balaban J connectivity index is 1.78. The molecule has 4 aromatic rings. The summed E-state index contributed by atoms with van der Waals surface area (Å²) in [6.07, 6.45) is 0. The molecule has 0 radical (unpaired) electrons. The number of hydrogen-bond donors (Lipinski definition) is 4. The van der Waals surface area contributed by atoms with Gasteiger partial charge in [-0.1, -0.05) is 62.4 Å². The maximum absolute atomic E-state index is 11.1. The third-order valence-corrected chi connectivity index (χ3v) is 7.54. The van der Waals surface area contributed by atoms with Crippen LogP contribution in [0, 0.1) is 0 Å². The highest BCUT2D eigenvalue weighted by Gasteiger charge is 2.32. The van der Waals surface area contributed by atoms with Gasteiger partial charge in [-0.15, -0.1) is 0 Å². The molecule has 0 atom stereocenters. The van der Waals surface area contributed by atoms with Crippen molar-refractivity contribution < 1.29 is 20.4 Å². The summed E-state index contributed by atoms with van der Waals surface area (Å²) >= 11 is 7.06. The monoisotopic (exact) mass is 568 g/mol. The van der Waals surface area contributed by atoms with Crippen LogP contribution in [0.25, 0.3) is 22.3 Å². The van der Waals surface area contributed by atoms with Gasteiger partial charge in [-0.25, -0.2) is 0 Å². The largest absolute Gasteiger partial charge is 0.508 e. The Hall–Kier alpha value is -2.96. The molecule has 0 heterocycles. The van der Waals surface area contributed by atoms with Crippen molar-refractivity contribution in [2.24, 2.45) is 0 Å². The second-order valence-electron chi connectivity index (χ2n) is 8.37. The minimum absolute atomic E-state index is 0.0868. The Morgan fingerprint density at radius 3 is 1.18 bits per heavy atom. The third-order valence-electron chi connectivity index (χ3n) is 5.94. The van der Waals surface area contributed by atoms with E-state index in [9.17, 15) is 20.4 Å². The van der Waals surface area contributed by atoms with E-state index < -0.39 is 5.41 Å². The third kappa shape index (κ3) is 4.21. The molecule has 4 rings (SSSR count). The first kappa shape index (κ1) is 23.2. The minimum atomic E-state index is -0.722. The summed E-state index contributed by atoms with van der Waals surface area (Å²) in [5.74, 6) is 0.523. The van der Waals surface area contributed by atoms with Crippen molar-refractivity contribution in [2.45, 2.75) is 19.3 Å². The van der Waals surface area contributed by atoms with E-state index >= 15 is 0 Å². The summed E-state index contributed by atoms with van der Waals surface area (Å²) in [7, 11) is 0. The summed E-state index contributed by atoms with van der Waals surface area (Å²) in [6.45, 7) is 3.88. The summed E-state index contributed by atoms with van der Waals surface area (Å²) in [6, 6.07) is 21.0. The standard InChI is InChI=1S/C27H22Br2O4/c1-27(2,21-13-11-19(23(28)25(21)32)15-3-7-17(30)8-4-15)22-14-12-20(24(29)26(22)33)16-5-9-18(31)10-6-16/h3-14,30-33H,1-2H3. The Morgan fingerprint density at radius 2 is 0.848 bits per heavy atom. The Morgan fingerprint density at radius 1 is 0.515 bits per heavy atom. The van der Waals surface area contributed by atoms with E-state index in [1.807, 2.05) is 38.1 Å². The van der Waals surface area contributed by atoms with Crippen LogP contribution >= 0.6 is 31.9 Å². The summed E-state index contributed by atoms with van der Waals surface area (Å²) in [5.41, 5.74) is 3.86. The molecule has 6 heteroatoms. The number of phenolic OH excluding ortho intramolecular Hbond substituents is 4. The molecule has 0 saturated carbocycles. The summed E-state index contributed by atoms with van der Waals surface area (Å²) in [4.78, 5) is 0. The maximum atomic E-state index is 11.1. The molecule has 0 spiro atoms. The van der Waals surface area contributed by atoms with Gasteiger partial charge in [0.15, 0.2) is 0 Å². The van der Waals surface area contributed by atoms with Gasteiger partial charge in [0.25, 0.3) is 0 Å². The smallest absolute Gasteiger partial charge is 0.134 e. The average molecular weight is 570 g/mol. The van der Waals surface area contributed by atoms with Crippen LogP contribution in [0.4, 0.5) is 0 Å². The second kappa shape index (κ2) is 8.76. The van der Waals surface area contributed by atoms with Gasteiger partial charge in [0.1, 0.15) is 23.0 Å². The SMILES string of the molecule is CC(C)(c1ccc(-c2ccc(O)cc2)c(Br)c1O)c1ccc(-c2ccc(O)cc2)c(Br)c1O. The molecule has 4 nitrogen and oxygen atoms in total. The molecular formula is C27H22Br2O4.